The summed E-state index contributed by atoms with van der Waals surface area (Å²) in [6.45, 7) is 2.78. The second-order valence-electron chi connectivity index (χ2n) is 5.75. The van der Waals surface area contributed by atoms with Gasteiger partial charge in [0.1, 0.15) is 5.75 Å². The number of likely N-dealkylation sites (N-methyl/N-ethyl adjacent to an activating group) is 1. The molecule has 0 radical (unpaired) electrons. The topological polar surface area (TPSA) is 58.6 Å². The van der Waals surface area contributed by atoms with Gasteiger partial charge in [-0.1, -0.05) is 0 Å². The van der Waals surface area contributed by atoms with Gasteiger partial charge in [0.25, 0.3) is 10.0 Å². The highest BCUT2D eigenvalue weighted by Gasteiger charge is 2.19. The fourth-order valence-corrected chi connectivity index (χ4v) is 4.00. The summed E-state index contributed by atoms with van der Waals surface area (Å²) in [7, 11) is -0.00762. The zero-order valence-corrected chi connectivity index (χ0v) is 14.3. The van der Waals surface area contributed by atoms with Gasteiger partial charge in [0, 0.05) is 25.0 Å². The zero-order valence-electron chi connectivity index (χ0n) is 13.5. The Bertz CT molecular complexity index is 847. The number of nitrogens with zero attached hydrogens (tertiary/aromatic N) is 1. The summed E-state index contributed by atoms with van der Waals surface area (Å²) in [6, 6.07) is 10.5. The van der Waals surface area contributed by atoms with Gasteiger partial charge >= 0.3 is 0 Å². The molecule has 23 heavy (non-hydrogen) atoms. The number of sulfonamides is 1. The highest BCUT2D eigenvalue weighted by Crippen LogP contribution is 2.30. The number of fused-ring (bicyclic) bond motifs is 1. The number of hydrogen-bond acceptors (Lipinski definition) is 4. The summed E-state index contributed by atoms with van der Waals surface area (Å²) in [5, 5.41) is 0. The molecule has 1 heterocycles. The first-order valence-corrected chi connectivity index (χ1v) is 8.90. The maximum absolute atomic E-state index is 12.6. The van der Waals surface area contributed by atoms with E-state index >= 15 is 0 Å². The summed E-state index contributed by atoms with van der Waals surface area (Å²) in [4.78, 5) is 2.40. The van der Waals surface area contributed by atoms with Crippen molar-refractivity contribution in [2.24, 2.45) is 0 Å². The molecule has 6 heteroatoms. The molecule has 5 nitrogen and oxygen atoms in total. The van der Waals surface area contributed by atoms with E-state index in [-0.39, 0.29) is 4.90 Å². The molecule has 122 valence electrons. The van der Waals surface area contributed by atoms with Crippen LogP contribution in [0.4, 0.5) is 11.4 Å². The van der Waals surface area contributed by atoms with Gasteiger partial charge in [0.15, 0.2) is 0 Å². The Morgan fingerprint density at radius 3 is 2.65 bits per heavy atom. The first kappa shape index (κ1) is 15.7. The van der Waals surface area contributed by atoms with E-state index in [0.717, 1.165) is 24.2 Å². The number of benzene rings is 2. The highest BCUT2D eigenvalue weighted by molar-refractivity contribution is 7.92. The van der Waals surface area contributed by atoms with Crippen LogP contribution in [0, 0.1) is 6.92 Å². The van der Waals surface area contributed by atoms with Crippen LogP contribution >= 0.6 is 0 Å². The van der Waals surface area contributed by atoms with E-state index in [9.17, 15) is 8.42 Å². The van der Waals surface area contributed by atoms with Gasteiger partial charge in [0.05, 0.1) is 12.0 Å². The number of rotatable bonds is 4. The average molecular weight is 332 g/mol. The molecule has 2 aromatic rings. The van der Waals surface area contributed by atoms with Crippen molar-refractivity contribution in [3.05, 3.63) is 47.5 Å². The monoisotopic (exact) mass is 332 g/mol. The third kappa shape index (κ3) is 2.99. The first-order valence-electron chi connectivity index (χ1n) is 7.42. The number of nitrogens with one attached hydrogen (secondary N) is 1. The smallest absolute Gasteiger partial charge is 0.261 e. The van der Waals surface area contributed by atoms with Crippen LogP contribution < -0.4 is 14.4 Å². The second kappa shape index (κ2) is 5.77. The molecule has 0 fully saturated rings. The van der Waals surface area contributed by atoms with Crippen LogP contribution in [0.25, 0.3) is 0 Å². The van der Waals surface area contributed by atoms with Crippen molar-refractivity contribution < 1.29 is 13.2 Å². The maximum atomic E-state index is 12.6. The van der Waals surface area contributed by atoms with Gasteiger partial charge in [-0.2, -0.15) is 0 Å². The lowest BCUT2D eigenvalue weighted by Crippen LogP contribution is -2.14. The normalized spacial score (nSPS) is 13.8. The summed E-state index contributed by atoms with van der Waals surface area (Å²) < 4.78 is 32.9. The first-order chi connectivity index (χ1) is 10.9. The van der Waals surface area contributed by atoms with E-state index in [0.29, 0.717) is 11.4 Å². The third-order valence-corrected chi connectivity index (χ3v) is 5.52. The lowest BCUT2D eigenvalue weighted by Gasteiger charge is -2.14. The standard InChI is InChI=1S/C17H20N2O3S/c1-12-10-15(5-7-17(12)22-3)23(20,21)18-14-4-6-16-13(11-14)8-9-19(16)2/h4-7,10-11,18H,8-9H2,1-3H3. The molecule has 0 amide bonds. The largest absolute Gasteiger partial charge is 0.496 e. The Hall–Kier alpha value is -2.21. The molecule has 0 atom stereocenters. The summed E-state index contributed by atoms with van der Waals surface area (Å²) in [5.74, 6) is 0.671. The minimum absolute atomic E-state index is 0.230. The molecule has 0 aromatic heterocycles. The third-order valence-electron chi connectivity index (χ3n) is 4.14. The molecule has 1 aliphatic heterocycles. The van der Waals surface area contributed by atoms with Crippen LogP contribution in [-0.2, 0) is 16.4 Å². The fourth-order valence-electron chi connectivity index (χ4n) is 2.86. The minimum atomic E-state index is -3.61. The number of anilines is 2. The molecule has 2 aromatic carbocycles. The quantitative estimate of drug-likeness (QED) is 0.935. The van der Waals surface area contributed by atoms with Crippen molar-refractivity contribution in [1.82, 2.24) is 0 Å². The van der Waals surface area contributed by atoms with Crippen molar-refractivity contribution in [3.63, 3.8) is 0 Å². The molecule has 0 unspecified atom stereocenters. The number of hydrogen-bond donors (Lipinski definition) is 1. The number of methoxy groups -OCH3 is 1. The summed E-state index contributed by atoms with van der Waals surface area (Å²) in [5.41, 5.74) is 3.70. The van der Waals surface area contributed by atoms with Crippen molar-refractivity contribution in [1.29, 1.82) is 0 Å². The van der Waals surface area contributed by atoms with Gasteiger partial charge < -0.3 is 9.64 Å². The van der Waals surface area contributed by atoms with E-state index in [1.165, 1.54) is 5.56 Å². The van der Waals surface area contributed by atoms with Crippen LogP contribution in [0.3, 0.4) is 0 Å². The Balaban J connectivity index is 1.88. The van der Waals surface area contributed by atoms with Crippen LogP contribution in [0.1, 0.15) is 11.1 Å². The molecule has 0 saturated carbocycles. The molecular formula is C17H20N2O3S. The van der Waals surface area contributed by atoms with Crippen molar-refractivity contribution in [3.8, 4) is 5.75 Å². The molecule has 0 saturated heterocycles. The minimum Gasteiger partial charge on any atom is -0.496 e. The Morgan fingerprint density at radius 1 is 1.17 bits per heavy atom. The molecule has 3 rings (SSSR count). The van der Waals surface area contributed by atoms with Gasteiger partial charge in [-0.05, 0) is 60.9 Å². The number of ether oxygens (including phenoxy) is 1. The zero-order chi connectivity index (χ0) is 16.6. The SMILES string of the molecule is COc1ccc(S(=O)(=O)Nc2ccc3c(c2)CCN3C)cc1C. The predicted octanol–water partition coefficient (Wildman–Crippen LogP) is 2.80. The van der Waals surface area contributed by atoms with Crippen LogP contribution in [0.2, 0.25) is 0 Å². The molecule has 0 bridgehead atoms. The second-order valence-corrected chi connectivity index (χ2v) is 7.43. The van der Waals surface area contributed by atoms with Crippen LogP contribution in [-0.4, -0.2) is 29.1 Å². The average Bonchev–Trinajstić information content (AvgIpc) is 2.87. The Morgan fingerprint density at radius 2 is 1.96 bits per heavy atom. The summed E-state index contributed by atoms with van der Waals surface area (Å²) in [6.07, 6.45) is 0.934. The van der Waals surface area contributed by atoms with Gasteiger partial charge in [-0.25, -0.2) is 8.42 Å². The molecular weight excluding hydrogens is 312 g/mol. The molecule has 0 aliphatic carbocycles. The lowest BCUT2D eigenvalue weighted by molar-refractivity contribution is 0.411. The van der Waals surface area contributed by atoms with Crippen LogP contribution in [0.5, 0.6) is 5.75 Å². The van der Waals surface area contributed by atoms with Crippen LogP contribution in [0.15, 0.2) is 41.3 Å². The Kier molecular flexibility index (Phi) is 3.93. The molecule has 1 aliphatic rings. The predicted molar refractivity (Wildman–Crippen MR) is 92.0 cm³/mol. The van der Waals surface area contributed by atoms with Crippen molar-refractivity contribution >= 4 is 21.4 Å². The highest BCUT2D eigenvalue weighted by atomic mass is 32.2. The van der Waals surface area contributed by atoms with Gasteiger partial charge in [-0.3, -0.25) is 4.72 Å². The van der Waals surface area contributed by atoms with E-state index in [1.807, 2.05) is 26.1 Å². The fraction of sp³-hybridized carbons (Fsp3) is 0.294. The van der Waals surface area contributed by atoms with Crippen molar-refractivity contribution in [2.75, 3.05) is 30.3 Å². The van der Waals surface area contributed by atoms with Gasteiger partial charge in [0.2, 0.25) is 0 Å². The van der Waals surface area contributed by atoms with Crippen molar-refractivity contribution in [2.45, 2.75) is 18.2 Å². The van der Waals surface area contributed by atoms with E-state index in [1.54, 1.807) is 31.4 Å². The van der Waals surface area contributed by atoms with E-state index in [4.69, 9.17) is 4.74 Å². The van der Waals surface area contributed by atoms with E-state index in [2.05, 4.69) is 9.62 Å². The Labute approximate surface area is 136 Å². The molecule has 1 N–H and O–H groups in total. The maximum Gasteiger partial charge on any atom is 0.261 e. The molecule has 0 spiro atoms. The van der Waals surface area contributed by atoms with E-state index < -0.39 is 10.0 Å². The summed E-state index contributed by atoms with van der Waals surface area (Å²) >= 11 is 0. The van der Waals surface area contributed by atoms with Gasteiger partial charge in [-0.15, -0.1) is 0 Å². The number of aryl methyl sites for hydroxylation is 1. The lowest BCUT2D eigenvalue weighted by atomic mass is 10.1.